The van der Waals surface area contributed by atoms with Crippen LogP contribution in [0, 0.1) is 0 Å². The molecule has 0 radical (unpaired) electrons. The van der Waals surface area contributed by atoms with Crippen LogP contribution < -0.4 is 4.65 Å². The van der Waals surface area contributed by atoms with Crippen molar-refractivity contribution in [2.24, 2.45) is 0 Å². The Morgan fingerprint density at radius 2 is 2.00 bits per heavy atom. The zero-order valence-corrected chi connectivity index (χ0v) is 14.6. The highest BCUT2D eigenvalue weighted by atomic mass is 79.9. The summed E-state index contributed by atoms with van der Waals surface area (Å²) in [5.41, 5.74) is 1.47. The molecule has 0 aliphatic carbocycles. The van der Waals surface area contributed by atoms with Gasteiger partial charge in [0.25, 0.3) is 0 Å². The third-order valence-corrected chi connectivity index (χ3v) is 14.1. The van der Waals surface area contributed by atoms with Crippen molar-refractivity contribution in [2.45, 2.75) is 44.2 Å². The van der Waals surface area contributed by atoms with Gasteiger partial charge in [-0.2, -0.15) is 0 Å². The van der Waals surface area contributed by atoms with Crippen LogP contribution in [-0.4, -0.2) is 16.5 Å². The Morgan fingerprint density at radius 3 is 2.59 bits per heavy atom. The number of nitrogens with one attached hydrogen (secondary N) is 1. The first-order valence-electron chi connectivity index (χ1n) is 6.42. The number of aryl methyl sites for hydroxylation is 1. The first-order valence-corrected chi connectivity index (χ1v) is 13.3. The second kappa shape index (κ2) is 4.99. The van der Waals surface area contributed by atoms with Crippen LogP contribution in [0.5, 0.6) is 0 Å². The molecule has 1 aromatic rings. The summed E-state index contributed by atoms with van der Waals surface area (Å²) in [5.74, 6) is 0. The van der Waals surface area contributed by atoms with Crippen LogP contribution in [0.4, 0.5) is 0 Å². The van der Waals surface area contributed by atoms with Crippen LogP contribution in [0.1, 0.15) is 5.56 Å². The van der Waals surface area contributed by atoms with Gasteiger partial charge < -0.3 is 4.65 Å². The first-order chi connectivity index (χ1) is 7.89. The standard InChI is InChI=1S/C13H22BrNSi2/c1-16(2)9-10-17(3,15-16)8-7-12-5-4-6-13(14)11-12/h4-6,11,15H,7-10H2,1-3H3. The predicted octanol–water partition coefficient (Wildman–Crippen LogP) is 4.38. The van der Waals surface area contributed by atoms with Gasteiger partial charge in [-0.15, -0.1) is 0 Å². The number of hydrogen-bond acceptors (Lipinski definition) is 1. The number of rotatable bonds is 3. The van der Waals surface area contributed by atoms with E-state index in [0.717, 1.165) is 0 Å². The van der Waals surface area contributed by atoms with Crippen molar-refractivity contribution in [1.82, 2.24) is 4.65 Å². The van der Waals surface area contributed by atoms with Crippen LogP contribution in [0.2, 0.25) is 37.8 Å². The van der Waals surface area contributed by atoms with Gasteiger partial charge in [-0.3, -0.25) is 0 Å². The van der Waals surface area contributed by atoms with Crippen molar-refractivity contribution >= 4 is 32.4 Å². The molecule has 17 heavy (non-hydrogen) atoms. The molecule has 0 amide bonds. The van der Waals surface area contributed by atoms with Gasteiger partial charge >= 0.3 is 0 Å². The van der Waals surface area contributed by atoms with Crippen LogP contribution in [0.3, 0.4) is 0 Å². The summed E-state index contributed by atoms with van der Waals surface area (Å²) in [6, 6.07) is 13.1. The molecule has 0 aromatic heterocycles. The van der Waals surface area contributed by atoms with Crippen LogP contribution in [-0.2, 0) is 6.42 Å². The third kappa shape index (κ3) is 3.78. The number of benzene rings is 1. The summed E-state index contributed by atoms with van der Waals surface area (Å²) < 4.78 is 5.26. The molecule has 0 bridgehead atoms. The molecular weight excluding hydrogens is 306 g/mol. The molecule has 1 aliphatic heterocycles. The fourth-order valence-corrected chi connectivity index (χ4v) is 17.1. The van der Waals surface area contributed by atoms with Crippen molar-refractivity contribution in [2.75, 3.05) is 0 Å². The van der Waals surface area contributed by atoms with E-state index in [-0.39, 0.29) is 0 Å². The Morgan fingerprint density at radius 1 is 1.24 bits per heavy atom. The van der Waals surface area contributed by atoms with E-state index >= 15 is 0 Å². The molecular formula is C13H22BrNSi2. The highest BCUT2D eigenvalue weighted by molar-refractivity contribution is 9.10. The van der Waals surface area contributed by atoms with Gasteiger partial charge in [-0.25, -0.2) is 0 Å². The Balaban J connectivity index is 1.95. The average molecular weight is 328 g/mol. The Kier molecular flexibility index (Phi) is 3.97. The summed E-state index contributed by atoms with van der Waals surface area (Å²) in [6.07, 6.45) is 1.24. The zero-order chi connectivity index (χ0) is 12.5. The van der Waals surface area contributed by atoms with E-state index in [1.807, 2.05) is 0 Å². The lowest BCUT2D eigenvalue weighted by atomic mass is 10.2. The monoisotopic (exact) mass is 327 g/mol. The topological polar surface area (TPSA) is 12.0 Å². The summed E-state index contributed by atoms with van der Waals surface area (Å²) in [4.78, 5) is 0. The molecule has 94 valence electrons. The van der Waals surface area contributed by atoms with Crippen LogP contribution in [0.15, 0.2) is 28.7 Å². The summed E-state index contributed by atoms with van der Waals surface area (Å²) in [5, 5.41) is 0. The van der Waals surface area contributed by atoms with Crippen molar-refractivity contribution < 1.29 is 0 Å². The fraction of sp³-hybridized carbons (Fsp3) is 0.538. The normalized spacial score (nSPS) is 27.3. The minimum Gasteiger partial charge on any atom is -0.359 e. The molecule has 0 spiro atoms. The minimum absolute atomic E-state index is 1.02. The highest BCUT2D eigenvalue weighted by Gasteiger charge is 2.41. The van der Waals surface area contributed by atoms with Crippen molar-refractivity contribution in [1.29, 1.82) is 0 Å². The molecule has 1 fully saturated rings. The molecule has 0 saturated carbocycles. The van der Waals surface area contributed by atoms with E-state index in [0.29, 0.717) is 0 Å². The molecule has 1 heterocycles. The van der Waals surface area contributed by atoms with Gasteiger partial charge in [0.2, 0.25) is 0 Å². The van der Waals surface area contributed by atoms with Crippen LogP contribution in [0.25, 0.3) is 0 Å². The quantitative estimate of drug-likeness (QED) is 0.812. The Hall–Kier alpha value is 0.0938. The smallest absolute Gasteiger partial charge is 0.116 e. The van der Waals surface area contributed by atoms with Gasteiger partial charge in [-0.1, -0.05) is 47.7 Å². The number of hydrogen-bond donors (Lipinski definition) is 1. The highest BCUT2D eigenvalue weighted by Crippen LogP contribution is 2.30. The molecule has 4 heteroatoms. The lowest BCUT2D eigenvalue weighted by molar-refractivity contribution is 1.06. The van der Waals surface area contributed by atoms with E-state index in [4.69, 9.17) is 0 Å². The maximum absolute atomic E-state index is 4.06. The lowest BCUT2D eigenvalue weighted by Crippen LogP contribution is -2.52. The SMILES string of the molecule is C[Si]1(C)CC[Si](C)(CCc2cccc(Br)c2)N1. The molecule has 1 saturated heterocycles. The Bertz CT molecular complexity index is 408. The van der Waals surface area contributed by atoms with E-state index < -0.39 is 16.5 Å². The van der Waals surface area contributed by atoms with Gasteiger partial charge in [0.05, 0.1) is 0 Å². The van der Waals surface area contributed by atoms with Gasteiger partial charge in [0.1, 0.15) is 16.5 Å². The fourth-order valence-electron chi connectivity index (χ4n) is 2.83. The van der Waals surface area contributed by atoms with E-state index in [1.54, 1.807) is 0 Å². The largest absolute Gasteiger partial charge is 0.359 e. The summed E-state index contributed by atoms with van der Waals surface area (Å²) >= 11 is 3.55. The van der Waals surface area contributed by atoms with Crippen molar-refractivity contribution in [3.63, 3.8) is 0 Å². The van der Waals surface area contributed by atoms with E-state index in [2.05, 4.69) is 64.5 Å². The summed E-state index contributed by atoms with van der Waals surface area (Å²) in [6.45, 7) is 7.49. The molecule has 2 rings (SSSR count). The molecule has 1 N–H and O–H groups in total. The maximum Gasteiger partial charge on any atom is 0.116 e. The van der Waals surface area contributed by atoms with Crippen molar-refractivity contribution in [3.8, 4) is 0 Å². The number of halogens is 1. The van der Waals surface area contributed by atoms with Crippen LogP contribution >= 0.6 is 15.9 Å². The summed E-state index contributed by atoms with van der Waals surface area (Å²) in [7, 11) is -2.15. The lowest BCUT2D eigenvalue weighted by Gasteiger charge is -2.26. The third-order valence-electron chi connectivity index (χ3n) is 3.80. The van der Waals surface area contributed by atoms with Gasteiger partial charge in [0, 0.05) is 4.47 Å². The van der Waals surface area contributed by atoms with E-state index in [1.165, 1.54) is 34.6 Å². The first kappa shape index (κ1) is 13.5. The molecule has 1 aliphatic rings. The molecule has 1 unspecified atom stereocenters. The second-order valence-electron chi connectivity index (χ2n) is 6.20. The van der Waals surface area contributed by atoms with Gasteiger partial charge in [0.15, 0.2) is 0 Å². The van der Waals surface area contributed by atoms with Crippen molar-refractivity contribution in [3.05, 3.63) is 34.3 Å². The molecule has 1 nitrogen and oxygen atoms in total. The molecule has 1 aromatic carbocycles. The van der Waals surface area contributed by atoms with Gasteiger partial charge in [-0.05, 0) is 42.2 Å². The minimum atomic E-state index is -1.13. The maximum atomic E-state index is 4.06. The zero-order valence-electron chi connectivity index (χ0n) is 11.0. The predicted molar refractivity (Wildman–Crippen MR) is 84.5 cm³/mol. The second-order valence-corrected chi connectivity index (χ2v) is 16.5. The average Bonchev–Trinajstić information content (AvgIpc) is 2.51. The molecule has 1 atom stereocenters. The van der Waals surface area contributed by atoms with E-state index in [9.17, 15) is 0 Å². The Labute approximate surface area is 115 Å².